The van der Waals surface area contributed by atoms with Gasteiger partial charge >= 0.3 is 0 Å². The second kappa shape index (κ2) is 7.15. The van der Waals surface area contributed by atoms with E-state index in [2.05, 4.69) is 27.3 Å². The third-order valence-corrected chi connectivity index (χ3v) is 4.13. The first-order valence-electron chi connectivity index (χ1n) is 6.54. The van der Waals surface area contributed by atoms with Crippen molar-refractivity contribution in [2.45, 2.75) is 39.3 Å². The summed E-state index contributed by atoms with van der Waals surface area (Å²) in [5.74, 6) is 0.0485. The molecule has 2 unspecified atom stereocenters. The summed E-state index contributed by atoms with van der Waals surface area (Å²) < 4.78 is 6.39. The molecule has 0 saturated heterocycles. The van der Waals surface area contributed by atoms with Crippen LogP contribution < -0.4 is 10.1 Å². The average molecular weight is 374 g/mol. The van der Waals surface area contributed by atoms with Crippen LogP contribution in [0.3, 0.4) is 0 Å². The summed E-state index contributed by atoms with van der Waals surface area (Å²) in [5, 5.41) is 12.3. The van der Waals surface area contributed by atoms with Gasteiger partial charge in [0.2, 0.25) is 0 Å². The quantitative estimate of drug-likeness (QED) is 0.850. The lowest BCUT2D eigenvalue weighted by molar-refractivity contribution is -0.128. The van der Waals surface area contributed by atoms with Gasteiger partial charge in [0.15, 0.2) is 6.10 Å². The number of nitriles is 1. The van der Waals surface area contributed by atoms with Crippen LogP contribution >= 0.6 is 27.5 Å². The first-order valence-corrected chi connectivity index (χ1v) is 7.71. The molecule has 4 nitrogen and oxygen atoms in total. The van der Waals surface area contributed by atoms with Crippen molar-refractivity contribution in [1.29, 1.82) is 5.26 Å². The molecule has 6 heteroatoms. The van der Waals surface area contributed by atoms with Crippen LogP contribution in [-0.2, 0) is 4.79 Å². The standard InChI is InChI=1S/C15H18BrClN2O2/c1-9(2)15(4,8-18)19-14(20)10(3)21-13-6-5-11(16)7-12(13)17/h5-7,9-10H,1-4H3,(H,19,20). The first kappa shape index (κ1) is 17.8. The van der Waals surface area contributed by atoms with Crippen molar-refractivity contribution in [3.05, 3.63) is 27.7 Å². The second-order valence-electron chi connectivity index (χ2n) is 5.29. The Hall–Kier alpha value is -1.25. The Labute approximate surface area is 138 Å². The van der Waals surface area contributed by atoms with Crippen LogP contribution in [0.4, 0.5) is 0 Å². The number of ether oxygens (including phenoxy) is 1. The molecule has 1 amide bonds. The molecule has 0 aliphatic rings. The van der Waals surface area contributed by atoms with Gasteiger partial charge in [-0.25, -0.2) is 0 Å². The Morgan fingerprint density at radius 3 is 2.57 bits per heavy atom. The summed E-state index contributed by atoms with van der Waals surface area (Å²) >= 11 is 9.35. The highest BCUT2D eigenvalue weighted by Gasteiger charge is 2.32. The molecule has 0 spiro atoms. The molecule has 1 rings (SSSR count). The topological polar surface area (TPSA) is 62.1 Å². The number of halogens is 2. The molecule has 0 saturated carbocycles. The predicted molar refractivity (Wildman–Crippen MR) is 86.2 cm³/mol. The molecule has 0 fully saturated rings. The summed E-state index contributed by atoms with van der Waals surface area (Å²) in [7, 11) is 0. The van der Waals surface area contributed by atoms with E-state index in [0.29, 0.717) is 10.8 Å². The molecule has 1 aromatic rings. The lowest BCUT2D eigenvalue weighted by Gasteiger charge is -2.28. The maximum absolute atomic E-state index is 12.2. The van der Waals surface area contributed by atoms with Gasteiger partial charge in [0.05, 0.1) is 11.1 Å². The Bertz CT molecular complexity index is 571. The van der Waals surface area contributed by atoms with Gasteiger partial charge in [-0.05, 0) is 38.0 Å². The van der Waals surface area contributed by atoms with E-state index in [0.717, 1.165) is 4.47 Å². The van der Waals surface area contributed by atoms with E-state index < -0.39 is 11.6 Å². The summed E-state index contributed by atoms with van der Waals surface area (Å²) in [6, 6.07) is 7.28. The van der Waals surface area contributed by atoms with Gasteiger partial charge in [0, 0.05) is 4.47 Å². The fourth-order valence-electron chi connectivity index (χ4n) is 1.47. The molecule has 1 aromatic carbocycles. The van der Waals surface area contributed by atoms with Crippen LogP contribution in [0.2, 0.25) is 5.02 Å². The third kappa shape index (κ3) is 4.62. The van der Waals surface area contributed by atoms with Gasteiger partial charge in [-0.2, -0.15) is 5.26 Å². The summed E-state index contributed by atoms with van der Waals surface area (Å²) in [4.78, 5) is 12.2. The minimum absolute atomic E-state index is 0.0186. The van der Waals surface area contributed by atoms with Gasteiger partial charge < -0.3 is 10.1 Å². The normalized spacial score (nSPS) is 15.0. The lowest BCUT2D eigenvalue weighted by Crippen LogP contribution is -2.52. The molecule has 21 heavy (non-hydrogen) atoms. The minimum Gasteiger partial charge on any atom is -0.479 e. The molecule has 0 aliphatic heterocycles. The Balaban J connectivity index is 2.78. The average Bonchev–Trinajstić information content (AvgIpc) is 2.41. The summed E-state index contributed by atoms with van der Waals surface area (Å²) in [6.07, 6.45) is -0.755. The van der Waals surface area contributed by atoms with Crippen molar-refractivity contribution in [2.75, 3.05) is 0 Å². The van der Waals surface area contributed by atoms with Crippen molar-refractivity contribution in [2.24, 2.45) is 5.92 Å². The maximum atomic E-state index is 12.2. The SMILES string of the molecule is CC(Oc1ccc(Br)cc1Cl)C(=O)NC(C)(C#N)C(C)C. The molecule has 0 aliphatic carbocycles. The predicted octanol–water partition coefficient (Wildman–Crippen LogP) is 3.92. The van der Waals surface area contributed by atoms with E-state index in [4.69, 9.17) is 16.3 Å². The zero-order valence-corrected chi connectivity index (χ0v) is 14.7. The highest BCUT2D eigenvalue weighted by Crippen LogP contribution is 2.28. The van der Waals surface area contributed by atoms with Gasteiger partial charge in [-0.15, -0.1) is 0 Å². The number of carbonyl (C=O) groups excluding carboxylic acids is 1. The minimum atomic E-state index is -0.932. The molecule has 0 aromatic heterocycles. The number of nitrogens with one attached hydrogen (secondary N) is 1. The van der Waals surface area contributed by atoms with Gasteiger partial charge in [-0.3, -0.25) is 4.79 Å². The number of hydrogen-bond acceptors (Lipinski definition) is 3. The Morgan fingerprint density at radius 2 is 2.10 bits per heavy atom. The monoisotopic (exact) mass is 372 g/mol. The van der Waals surface area contributed by atoms with Crippen molar-refractivity contribution in [1.82, 2.24) is 5.32 Å². The molecular weight excluding hydrogens is 356 g/mol. The number of nitrogens with zero attached hydrogens (tertiary/aromatic N) is 1. The fraction of sp³-hybridized carbons (Fsp3) is 0.467. The highest BCUT2D eigenvalue weighted by molar-refractivity contribution is 9.10. The number of carbonyl (C=O) groups is 1. The Morgan fingerprint density at radius 1 is 1.48 bits per heavy atom. The van der Waals surface area contributed by atoms with Crippen LogP contribution in [0, 0.1) is 17.2 Å². The molecule has 0 bridgehead atoms. The summed E-state index contributed by atoms with van der Waals surface area (Å²) in [6.45, 7) is 7.06. The van der Waals surface area contributed by atoms with Gasteiger partial charge in [0.1, 0.15) is 11.3 Å². The van der Waals surface area contributed by atoms with E-state index in [1.165, 1.54) is 0 Å². The van der Waals surface area contributed by atoms with Crippen molar-refractivity contribution >= 4 is 33.4 Å². The number of rotatable bonds is 5. The van der Waals surface area contributed by atoms with Gasteiger partial charge in [0.25, 0.3) is 5.91 Å². The van der Waals surface area contributed by atoms with Crippen LogP contribution in [0.15, 0.2) is 22.7 Å². The Kier molecular flexibility index (Phi) is 6.06. The fourth-order valence-corrected chi connectivity index (χ4v) is 2.19. The number of amides is 1. The molecule has 1 N–H and O–H groups in total. The molecular formula is C15H18BrClN2O2. The van der Waals surface area contributed by atoms with Crippen molar-refractivity contribution in [3.63, 3.8) is 0 Å². The molecule has 0 heterocycles. The van der Waals surface area contributed by atoms with E-state index in [-0.39, 0.29) is 11.8 Å². The summed E-state index contributed by atoms with van der Waals surface area (Å²) in [5.41, 5.74) is -0.932. The van der Waals surface area contributed by atoms with Crippen LogP contribution in [0.25, 0.3) is 0 Å². The first-order chi connectivity index (χ1) is 9.69. The van der Waals surface area contributed by atoms with Crippen molar-refractivity contribution in [3.8, 4) is 11.8 Å². The maximum Gasteiger partial charge on any atom is 0.262 e. The molecule has 2 atom stereocenters. The highest BCUT2D eigenvalue weighted by atomic mass is 79.9. The van der Waals surface area contributed by atoms with E-state index in [1.54, 1.807) is 32.0 Å². The number of benzene rings is 1. The van der Waals surface area contributed by atoms with Crippen LogP contribution in [0.1, 0.15) is 27.7 Å². The largest absolute Gasteiger partial charge is 0.479 e. The van der Waals surface area contributed by atoms with E-state index >= 15 is 0 Å². The van der Waals surface area contributed by atoms with E-state index in [1.807, 2.05) is 13.8 Å². The van der Waals surface area contributed by atoms with Crippen LogP contribution in [0.5, 0.6) is 5.75 Å². The second-order valence-corrected chi connectivity index (χ2v) is 6.62. The zero-order valence-electron chi connectivity index (χ0n) is 12.4. The van der Waals surface area contributed by atoms with Gasteiger partial charge in [-0.1, -0.05) is 41.4 Å². The third-order valence-electron chi connectivity index (χ3n) is 3.34. The zero-order chi connectivity index (χ0) is 16.2. The van der Waals surface area contributed by atoms with Crippen molar-refractivity contribution < 1.29 is 9.53 Å². The lowest BCUT2D eigenvalue weighted by atomic mass is 9.90. The number of hydrogen-bond donors (Lipinski definition) is 1. The molecule has 114 valence electrons. The van der Waals surface area contributed by atoms with E-state index in [9.17, 15) is 10.1 Å². The smallest absolute Gasteiger partial charge is 0.262 e. The molecule has 0 radical (unpaired) electrons. The van der Waals surface area contributed by atoms with Crippen LogP contribution in [-0.4, -0.2) is 17.6 Å².